The summed E-state index contributed by atoms with van der Waals surface area (Å²) in [5, 5.41) is 18.7. The van der Waals surface area contributed by atoms with Gasteiger partial charge in [-0.15, -0.1) is 23.2 Å². The lowest BCUT2D eigenvalue weighted by Crippen LogP contribution is -2.07. The SMILES string of the molecule is Cc1ccc(O)cc1C(O)C(Cl)Cl. The maximum absolute atomic E-state index is 9.53. The van der Waals surface area contributed by atoms with Crippen molar-refractivity contribution in [2.24, 2.45) is 0 Å². The van der Waals surface area contributed by atoms with E-state index in [1.165, 1.54) is 6.07 Å². The lowest BCUT2D eigenvalue weighted by Gasteiger charge is -2.14. The molecule has 0 heterocycles. The van der Waals surface area contributed by atoms with E-state index in [9.17, 15) is 10.2 Å². The third-order valence-electron chi connectivity index (χ3n) is 1.82. The summed E-state index contributed by atoms with van der Waals surface area (Å²) < 4.78 is 0. The molecule has 1 aromatic rings. The maximum Gasteiger partial charge on any atom is 0.137 e. The van der Waals surface area contributed by atoms with E-state index < -0.39 is 10.9 Å². The standard InChI is InChI=1S/C9H10Cl2O2/c1-5-2-3-6(12)4-7(5)8(13)9(10)11/h2-4,8-9,12-13H,1H3. The largest absolute Gasteiger partial charge is 0.508 e. The van der Waals surface area contributed by atoms with Gasteiger partial charge in [0.1, 0.15) is 16.7 Å². The summed E-state index contributed by atoms with van der Waals surface area (Å²) in [6.45, 7) is 1.81. The van der Waals surface area contributed by atoms with Gasteiger partial charge in [-0.1, -0.05) is 6.07 Å². The Morgan fingerprint density at radius 3 is 2.46 bits per heavy atom. The minimum Gasteiger partial charge on any atom is -0.508 e. The molecule has 1 aromatic carbocycles. The third kappa shape index (κ3) is 2.50. The number of hydrogen-bond acceptors (Lipinski definition) is 2. The maximum atomic E-state index is 9.53. The number of aliphatic hydroxyl groups is 1. The quantitative estimate of drug-likeness (QED) is 0.753. The van der Waals surface area contributed by atoms with Crippen molar-refractivity contribution in [3.05, 3.63) is 29.3 Å². The van der Waals surface area contributed by atoms with E-state index in [2.05, 4.69) is 0 Å². The molecule has 4 heteroatoms. The van der Waals surface area contributed by atoms with Gasteiger partial charge in [-0.2, -0.15) is 0 Å². The highest BCUT2D eigenvalue weighted by Crippen LogP contribution is 2.28. The van der Waals surface area contributed by atoms with E-state index >= 15 is 0 Å². The van der Waals surface area contributed by atoms with Crippen LogP contribution in [-0.2, 0) is 0 Å². The van der Waals surface area contributed by atoms with E-state index in [1.807, 2.05) is 6.92 Å². The van der Waals surface area contributed by atoms with Gasteiger partial charge in [-0.25, -0.2) is 0 Å². The molecule has 0 saturated heterocycles. The van der Waals surface area contributed by atoms with Crippen LogP contribution in [0.15, 0.2) is 18.2 Å². The number of benzene rings is 1. The third-order valence-corrected chi connectivity index (χ3v) is 2.30. The fraction of sp³-hybridized carbons (Fsp3) is 0.333. The molecule has 0 fully saturated rings. The fourth-order valence-electron chi connectivity index (χ4n) is 1.08. The number of phenols is 1. The number of hydrogen-bond donors (Lipinski definition) is 2. The van der Waals surface area contributed by atoms with Gasteiger partial charge in [0.15, 0.2) is 0 Å². The molecule has 0 aliphatic rings. The predicted molar refractivity (Wildman–Crippen MR) is 53.3 cm³/mol. The zero-order valence-corrected chi connectivity index (χ0v) is 8.55. The smallest absolute Gasteiger partial charge is 0.137 e. The highest BCUT2D eigenvalue weighted by atomic mass is 35.5. The van der Waals surface area contributed by atoms with Crippen LogP contribution in [0.3, 0.4) is 0 Å². The molecular formula is C9H10Cl2O2. The number of aliphatic hydroxyl groups excluding tert-OH is 1. The van der Waals surface area contributed by atoms with Crippen molar-refractivity contribution < 1.29 is 10.2 Å². The van der Waals surface area contributed by atoms with Crippen LogP contribution in [0.1, 0.15) is 17.2 Å². The zero-order chi connectivity index (χ0) is 10.0. The minimum absolute atomic E-state index is 0.0913. The molecule has 2 N–H and O–H groups in total. The first-order valence-corrected chi connectivity index (χ1v) is 4.65. The number of aromatic hydroxyl groups is 1. The molecule has 0 amide bonds. The van der Waals surface area contributed by atoms with Crippen LogP contribution in [0.5, 0.6) is 5.75 Å². The summed E-state index contributed by atoms with van der Waals surface area (Å²) in [4.78, 5) is -0.888. The van der Waals surface area contributed by atoms with Crippen LogP contribution in [0.4, 0.5) is 0 Å². The van der Waals surface area contributed by atoms with Crippen molar-refractivity contribution in [1.82, 2.24) is 0 Å². The van der Waals surface area contributed by atoms with E-state index in [4.69, 9.17) is 23.2 Å². The average molecular weight is 221 g/mol. The molecule has 0 aromatic heterocycles. The van der Waals surface area contributed by atoms with Crippen LogP contribution in [0.2, 0.25) is 0 Å². The Balaban J connectivity index is 3.05. The number of aryl methyl sites for hydroxylation is 1. The number of alkyl halides is 2. The van der Waals surface area contributed by atoms with Crippen molar-refractivity contribution in [1.29, 1.82) is 0 Å². The van der Waals surface area contributed by atoms with Crippen molar-refractivity contribution in [2.75, 3.05) is 0 Å². The molecule has 0 spiro atoms. The Labute approximate surface area is 86.7 Å². The van der Waals surface area contributed by atoms with Crippen LogP contribution >= 0.6 is 23.2 Å². The molecule has 1 atom stereocenters. The highest BCUT2D eigenvalue weighted by Gasteiger charge is 2.17. The van der Waals surface area contributed by atoms with Gasteiger partial charge in [0.05, 0.1) is 0 Å². The van der Waals surface area contributed by atoms with E-state index in [-0.39, 0.29) is 5.75 Å². The molecule has 72 valence electrons. The first kappa shape index (κ1) is 10.6. The van der Waals surface area contributed by atoms with Gasteiger partial charge in [0.2, 0.25) is 0 Å². The Morgan fingerprint density at radius 1 is 1.31 bits per heavy atom. The average Bonchev–Trinajstić information content (AvgIpc) is 2.08. The number of halogens is 2. The van der Waals surface area contributed by atoms with Crippen LogP contribution in [0.25, 0.3) is 0 Å². The molecular weight excluding hydrogens is 211 g/mol. The molecule has 1 rings (SSSR count). The van der Waals surface area contributed by atoms with Gasteiger partial charge in [0.25, 0.3) is 0 Å². The Morgan fingerprint density at radius 2 is 1.92 bits per heavy atom. The van der Waals surface area contributed by atoms with Crippen molar-refractivity contribution >= 4 is 23.2 Å². The van der Waals surface area contributed by atoms with Crippen LogP contribution < -0.4 is 0 Å². The van der Waals surface area contributed by atoms with Crippen LogP contribution in [0, 0.1) is 6.92 Å². The Kier molecular flexibility index (Phi) is 3.42. The van der Waals surface area contributed by atoms with Gasteiger partial charge < -0.3 is 10.2 Å². The molecule has 0 aliphatic carbocycles. The van der Waals surface area contributed by atoms with Gasteiger partial charge in [0, 0.05) is 0 Å². The Bertz CT molecular complexity index is 300. The highest BCUT2D eigenvalue weighted by molar-refractivity contribution is 6.44. The number of phenolic OH excluding ortho intramolecular Hbond substituents is 1. The van der Waals surface area contributed by atoms with E-state index in [1.54, 1.807) is 12.1 Å². The van der Waals surface area contributed by atoms with Gasteiger partial charge in [-0.05, 0) is 30.2 Å². The monoisotopic (exact) mass is 220 g/mol. The second-order valence-corrected chi connectivity index (χ2v) is 3.98. The second kappa shape index (κ2) is 4.18. The summed E-state index contributed by atoms with van der Waals surface area (Å²) in [5.41, 5.74) is 1.40. The van der Waals surface area contributed by atoms with Crippen molar-refractivity contribution in [3.63, 3.8) is 0 Å². The topological polar surface area (TPSA) is 40.5 Å². The molecule has 13 heavy (non-hydrogen) atoms. The number of rotatable bonds is 2. The van der Waals surface area contributed by atoms with Crippen molar-refractivity contribution in [3.8, 4) is 5.75 Å². The molecule has 0 saturated carbocycles. The second-order valence-electron chi connectivity index (χ2n) is 2.82. The minimum atomic E-state index is -0.963. The molecule has 0 bridgehead atoms. The van der Waals surface area contributed by atoms with Gasteiger partial charge in [-0.3, -0.25) is 0 Å². The molecule has 0 radical (unpaired) electrons. The summed E-state index contributed by atoms with van der Waals surface area (Å²) in [6, 6.07) is 4.70. The fourth-order valence-corrected chi connectivity index (χ4v) is 1.35. The summed E-state index contributed by atoms with van der Waals surface area (Å²) in [5.74, 6) is 0.0913. The van der Waals surface area contributed by atoms with E-state index in [0.29, 0.717) is 5.56 Å². The van der Waals surface area contributed by atoms with Crippen molar-refractivity contribution in [2.45, 2.75) is 17.9 Å². The predicted octanol–water partition coefficient (Wildman–Crippen LogP) is 2.54. The molecule has 1 unspecified atom stereocenters. The first-order chi connectivity index (χ1) is 6.02. The lowest BCUT2D eigenvalue weighted by atomic mass is 10.0. The molecule has 0 aliphatic heterocycles. The summed E-state index contributed by atoms with van der Waals surface area (Å²) in [6.07, 6.45) is -0.963. The summed E-state index contributed by atoms with van der Waals surface area (Å²) >= 11 is 11.0. The first-order valence-electron chi connectivity index (χ1n) is 3.78. The lowest BCUT2D eigenvalue weighted by molar-refractivity contribution is 0.191. The summed E-state index contributed by atoms with van der Waals surface area (Å²) in [7, 11) is 0. The normalized spacial score (nSPS) is 13.3. The zero-order valence-electron chi connectivity index (χ0n) is 7.04. The van der Waals surface area contributed by atoms with E-state index in [0.717, 1.165) is 5.56 Å². The van der Waals surface area contributed by atoms with Gasteiger partial charge >= 0.3 is 0 Å². The van der Waals surface area contributed by atoms with Crippen LogP contribution in [-0.4, -0.2) is 15.0 Å². The molecule has 2 nitrogen and oxygen atoms in total. The Hall–Kier alpha value is -0.440.